The zero-order valence-corrected chi connectivity index (χ0v) is 11.6. The van der Waals surface area contributed by atoms with Crippen LogP contribution in [-0.2, 0) is 6.42 Å². The van der Waals surface area contributed by atoms with E-state index < -0.39 is 0 Å². The van der Waals surface area contributed by atoms with Gasteiger partial charge in [0.15, 0.2) is 0 Å². The van der Waals surface area contributed by atoms with Crippen LogP contribution in [0.2, 0.25) is 0 Å². The van der Waals surface area contributed by atoms with Crippen LogP contribution in [0, 0.1) is 6.92 Å². The smallest absolute Gasteiger partial charge is 0.251 e. The molecule has 0 atom stereocenters. The first kappa shape index (κ1) is 12.7. The van der Waals surface area contributed by atoms with Crippen LogP contribution in [-0.4, -0.2) is 26.4 Å². The molecule has 2 aromatic heterocycles. The molecule has 20 heavy (non-hydrogen) atoms. The summed E-state index contributed by atoms with van der Waals surface area (Å²) in [5.41, 5.74) is 2.98. The second-order valence-electron chi connectivity index (χ2n) is 4.41. The monoisotopic (exact) mass is 288 g/mol. The lowest BCUT2D eigenvalue weighted by Crippen LogP contribution is -2.25. The summed E-state index contributed by atoms with van der Waals surface area (Å²) in [5, 5.41) is 6.64. The Labute approximate surface area is 119 Å². The highest BCUT2D eigenvalue weighted by Gasteiger charge is 2.08. The average molecular weight is 288 g/mol. The summed E-state index contributed by atoms with van der Waals surface area (Å²) in [6, 6.07) is 7.15. The van der Waals surface area contributed by atoms with Crippen molar-refractivity contribution in [1.82, 2.24) is 19.2 Å². The van der Waals surface area contributed by atoms with Crippen LogP contribution in [0.3, 0.4) is 0 Å². The van der Waals surface area contributed by atoms with Gasteiger partial charge in [0.25, 0.3) is 5.91 Å². The molecular formula is C13H12N4O2S. The number of nitrogens with zero attached hydrogens (tertiary/aromatic N) is 3. The predicted octanol–water partition coefficient (Wildman–Crippen LogP) is 1.96. The van der Waals surface area contributed by atoms with Gasteiger partial charge in [0.1, 0.15) is 16.8 Å². The van der Waals surface area contributed by atoms with E-state index >= 15 is 0 Å². The lowest BCUT2D eigenvalue weighted by atomic mass is 10.2. The first-order valence-electron chi connectivity index (χ1n) is 6.15. The van der Waals surface area contributed by atoms with Crippen LogP contribution in [0.25, 0.3) is 11.0 Å². The summed E-state index contributed by atoms with van der Waals surface area (Å²) in [5.74, 6) is 0.637. The molecular weight excluding hydrogens is 276 g/mol. The summed E-state index contributed by atoms with van der Waals surface area (Å²) in [6.07, 6.45) is 0.618. The van der Waals surface area contributed by atoms with Gasteiger partial charge in [0, 0.05) is 24.6 Å². The molecule has 102 valence electrons. The fourth-order valence-corrected chi connectivity index (χ4v) is 2.38. The van der Waals surface area contributed by atoms with E-state index in [1.165, 1.54) is 0 Å². The molecule has 0 saturated heterocycles. The molecule has 0 aliphatic heterocycles. The molecule has 2 heterocycles. The third-order valence-corrected chi connectivity index (χ3v) is 3.41. The molecule has 0 fully saturated rings. The predicted molar refractivity (Wildman–Crippen MR) is 74.7 cm³/mol. The summed E-state index contributed by atoms with van der Waals surface area (Å²) in [6.45, 7) is 2.36. The molecule has 3 aromatic rings. The summed E-state index contributed by atoms with van der Waals surface area (Å²) >= 11 is 1.14. The Morgan fingerprint density at radius 3 is 2.95 bits per heavy atom. The fourth-order valence-electron chi connectivity index (χ4n) is 1.86. The van der Waals surface area contributed by atoms with Gasteiger partial charge in [-0.1, -0.05) is 5.16 Å². The number of benzene rings is 1. The quantitative estimate of drug-likeness (QED) is 0.793. The first-order valence-corrected chi connectivity index (χ1v) is 6.88. The van der Waals surface area contributed by atoms with Gasteiger partial charge in [-0.25, -0.2) is 0 Å². The molecule has 1 amide bonds. The number of nitrogens with one attached hydrogen (secondary N) is 1. The van der Waals surface area contributed by atoms with Crippen molar-refractivity contribution in [1.29, 1.82) is 0 Å². The maximum Gasteiger partial charge on any atom is 0.251 e. The van der Waals surface area contributed by atoms with Crippen molar-refractivity contribution >= 4 is 28.7 Å². The minimum atomic E-state index is -0.129. The van der Waals surface area contributed by atoms with E-state index in [2.05, 4.69) is 19.2 Å². The van der Waals surface area contributed by atoms with Crippen LogP contribution in [0.15, 0.2) is 28.8 Å². The third-order valence-electron chi connectivity index (χ3n) is 2.85. The van der Waals surface area contributed by atoms with Crippen molar-refractivity contribution in [3.8, 4) is 0 Å². The molecule has 0 aliphatic carbocycles. The molecule has 0 aliphatic rings. The maximum atomic E-state index is 12.0. The summed E-state index contributed by atoms with van der Waals surface area (Å²) in [7, 11) is 0. The highest BCUT2D eigenvalue weighted by molar-refractivity contribution is 7.00. The third kappa shape index (κ3) is 2.67. The lowest BCUT2D eigenvalue weighted by molar-refractivity contribution is 0.0953. The largest absolute Gasteiger partial charge is 0.361 e. The van der Waals surface area contributed by atoms with Gasteiger partial charge < -0.3 is 9.84 Å². The van der Waals surface area contributed by atoms with Crippen molar-refractivity contribution in [3.63, 3.8) is 0 Å². The molecule has 0 saturated carbocycles. The summed E-state index contributed by atoms with van der Waals surface area (Å²) in [4.78, 5) is 12.0. The number of amides is 1. The van der Waals surface area contributed by atoms with E-state index in [4.69, 9.17) is 4.52 Å². The second-order valence-corrected chi connectivity index (χ2v) is 4.94. The van der Waals surface area contributed by atoms with Crippen LogP contribution in [0.1, 0.15) is 21.8 Å². The van der Waals surface area contributed by atoms with Crippen molar-refractivity contribution in [2.45, 2.75) is 13.3 Å². The number of rotatable bonds is 4. The van der Waals surface area contributed by atoms with Crippen LogP contribution in [0.5, 0.6) is 0 Å². The van der Waals surface area contributed by atoms with Crippen LogP contribution in [0.4, 0.5) is 0 Å². The molecule has 0 spiro atoms. The molecule has 1 N–H and O–H groups in total. The number of fused-ring (bicyclic) bond motifs is 1. The van der Waals surface area contributed by atoms with E-state index in [1.807, 2.05) is 13.0 Å². The standard InChI is InChI=1S/C13H12N4O2S/c1-8-6-10(19-15-8)4-5-14-13(18)9-2-3-11-12(7-9)17-20-16-11/h2-3,6-7H,4-5H2,1H3,(H,14,18). The maximum absolute atomic E-state index is 12.0. The Balaban J connectivity index is 1.61. The van der Waals surface area contributed by atoms with E-state index in [1.54, 1.807) is 18.2 Å². The number of aryl methyl sites for hydroxylation is 1. The molecule has 0 bridgehead atoms. The number of carbonyl (C=O) groups excluding carboxylic acids is 1. The fraction of sp³-hybridized carbons (Fsp3) is 0.231. The highest BCUT2D eigenvalue weighted by Crippen LogP contribution is 2.13. The van der Waals surface area contributed by atoms with Crippen molar-refractivity contribution < 1.29 is 9.32 Å². The Morgan fingerprint density at radius 2 is 2.15 bits per heavy atom. The van der Waals surface area contributed by atoms with Gasteiger partial charge in [0.2, 0.25) is 0 Å². The van der Waals surface area contributed by atoms with E-state index in [9.17, 15) is 4.79 Å². The number of hydrogen-bond acceptors (Lipinski definition) is 6. The van der Waals surface area contributed by atoms with Crippen LogP contribution >= 0.6 is 11.7 Å². The second kappa shape index (κ2) is 5.38. The summed E-state index contributed by atoms with van der Waals surface area (Å²) < 4.78 is 13.3. The minimum Gasteiger partial charge on any atom is -0.361 e. The number of hydrogen-bond donors (Lipinski definition) is 1. The van der Waals surface area contributed by atoms with Crippen molar-refractivity contribution in [2.24, 2.45) is 0 Å². The van der Waals surface area contributed by atoms with Gasteiger partial charge in [-0.05, 0) is 25.1 Å². The lowest BCUT2D eigenvalue weighted by Gasteiger charge is -2.03. The van der Waals surface area contributed by atoms with E-state index in [0.717, 1.165) is 34.2 Å². The van der Waals surface area contributed by atoms with Crippen molar-refractivity contribution in [2.75, 3.05) is 6.54 Å². The van der Waals surface area contributed by atoms with Gasteiger partial charge >= 0.3 is 0 Å². The molecule has 3 rings (SSSR count). The molecule has 7 heteroatoms. The zero-order valence-electron chi connectivity index (χ0n) is 10.8. The Bertz CT molecular complexity index is 750. The zero-order chi connectivity index (χ0) is 13.9. The molecule has 0 unspecified atom stereocenters. The average Bonchev–Trinajstić information content (AvgIpc) is 3.06. The SMILES string of the molecule is Cc1cc(CCNC(=O)c2ccc3nsnc3c2)on1. The molecule has 0 radical (unpaired) electrons. The Morgan fingerprint density at radius 1 is 1.30 bits per heavy atom. The van der Waals surface area contributed by atoms with Gasteiger partial charge in [0.05, 0.1) is 17.4 Å². The van der Waals surface area contributed by atoms with E-state index in [0.29, 0.717) is 18.5 Å². The topological polar surface area (TPSA) is 80.9 Å². The molecule has 1 aromatic carbocycles. The van der Waals surface area contributed by atoms with Crippen LogP contribution < -0.4 is 5.32 Å². The minimum absolute atomic E-state index is 0.129. The normalized spacial score (nSPS) is 10.8. The Hall–Kier alpha value is -2.28. The van der Waals surface area contributed by atoms with Gasteiger partial charge in [-0.2, -0.15) is 8.75 Å². The van der Waals surface area contributed by atoms with Gasteiger partial charge in [-0.15, -0.1) is 0 Å². The highest BCUT2D eigenvalue weighted by atomic mass is 32.1. The number of aromatic nitrogens is 3. The van der Waals surface area contributed by atoms with Gasteiger partial charge in [-0.3, -0.25) is 4.79 Å². The number of carbonyl (C=O) groups is 1. The van der Waals surface area contributed by atoms with E-state index in [-0.39, 0.29) is 5.91 Å². The van der Waals surface area contributed by atoms with Crippen molar-refractivity contribution in [3.05, 3.63) is 41.3 Å². The Kier molecular flexibility index (Phi) is 3.42. The first-order chi connectivity index (χ1) is 9.72. The molecule has 6 nitrogen and oxygen atoms in total.